The highest BCUT2D eigenvalue weighted by molar-refractivity contribution is 5.80. The molecular formula is C18H27N5. The van der Waals surface area contributed by atoms with Crippen LogP contribution < -0.4 is 16.0 Å². The number of rotatable bonds is 7. The smallest absolute Gasteiger partial charge is 0.191 e. The monoisotopic (exact) mass is 313 g/mol. The molecule has 0 fully saturated rings. The second kappa shape index (κ2) is 8.98. The molecular weight excluding hydrogens is 286 g/mol. The summed E-state index contributed by atoms with van der Waals surface area (Å²) >= 11 is 0. The SMILES string of the molecule is CN=C(NCCNc1ccc2ccccc2n1)NCCC(C)C. The fraction of sp³-hybridized carbons (Fsp3) is 0.444. The molecule has 0 saturated heterocycles. The summed E-state index contributed by atoms with van der Waals surface area (Å²) in [7, 11) is 1.79. The van der Waals surface area contributed by atoms with Gasteiger partial charge in [0.15, 0.2) is 5.96 Å². The molecule has 5 nitrogen and oxygen atoms in total. The molecule has 2 aromatic rings. The van der Waals surface area contributed by atoms with E-state index < -0.39 is 0 Å². The third kappa shape index (κ3) is 5.77. The van der Waals surface area contributed by atoms with Gasteiger partial charge in [-0.15, -0.1) is 0 Å². The zero-order valence-corrected chi connectivity index (χ0v) is 14.3. The van der Waals surface area contributed by atoms with Gasteiger partial charge in [-0.3, -0.25) is 4.99 Å². The van der Waals surface area contributed by atoms with Crippen molar-refractivity contribution in [1.82, 2.24) is 15.6 Å². The number of pyridine rings is 1. The third-order valence-electron chi connectivity index (χ3n) is 3.56. The van der Waals surface area contributed by atoms with Crippen molar-refractivity contribution in [3.63, 3.8) is 0 Å². The van der Waals surface area contributed by atoms with Crippen LogP contribution >= 0.6 is 0 Å². The third-order valence-corrected chi connectivity index (χ3v) is 3.56. The maximum Gasteiger partial charge on any atom is 0.191 e. The van der Waals surface area contributed by atoms with E-state index in [2.05, 4.69) is 51.9 Å². The van der Waals surface area contributed by atoms with Crippen molar-refractivity contribution in [2.24, 2.45) is 10.9 Å². The van der Waals surface area contributed by atoms with Crippen molar-refractivity contribution in [2.45, 2.75) is 20.3 Å². The van der Waals surface area contributed by atoms with Gasteiger partial charge in [0.25, 0.3) is 0 Å². The van der Waals surface area contributed by atoms with Crippen molar-refractivity contribution in [1.29, 1.82) is 0 Å². The van der Waals surface area contributed by atoms with Gasteiger partial charge in [0.05, 0.1) is 5.52 Å². The molecule has 1 heterocycles. The molecule has 1 aromatic heterocycles. The topological polar surface area (TPSA) is 61.3 Å². The summed E-state index contributed by atoms with van der Waals surface area (Å²) in [5.74, 6) is 2.44. The van der Waals surface area contributed by atoms with Crippen molar-refractivity contribution in [3.05, 3.63) is 36.4 Å². The van der Waals surface area contributed by atoms with E-state index in [4.69, 9.17) is 0 Å². The van der Waals surface area contributed by atoms with Gasteiger partial charge < -0.3 is 16.0 Å². The molecule has 0 bridgehead atoms. The molecule has 0 aliphatic carbocycles. The number of anilines is 1. The molecule has 3 N–H and O–H groups in total. The van der Waals surface area contributed by atoms with Crippen LogP contribution in [0.15, 0.2) is 41.4 Å². The summed E-state index contributed by atoms with van der Waals surface area (Å²) in [4.78, 5) is 8.82. The van der Waals surface area contributed by atoms with Crippen LogP contribution in [0.1, 0.15) is 20.3 Å². The zero-order valence-electron chi connectivity index (χ0n) is 14.3. The maximum absolute atomic E-state index is 4.60. The van der Waals surface area contributed by atoms with Crippen LogP contribution in [0.25, 0.3) is 10.9 Å². The molecule has 0 unspecified atom stereocenters. The molecule has 0 aliphatic heterocycles. The van der Waals surface area contributed by atoms with Crippen molar-refractivity contribution < 1.29 is 0 Å². The van der Waals surface area contributed by atoms with E-state index in [1.807, 2.05) is 24.3 Å². The van der Waals surface area contributed by atoms with Crippen LogP contribution in [0.4, 0.5) is 5.82 Å². The Morgan fingerprint density at radius 3 is 2.61 bits per heavy atom. The predicted molar refractivity (Wildman–Crippen MR) is 99.1 cm³/mol. The molecule has 0 spiro atoms. The number of hydrogen-bond acceptors (Lipinski definition) is 3. The number of aliphatic imine (C=N–C) groups is 1. The van der Waals surface area contributed by atoms with Crippen LogP contribution in [-0.2, 0) is 0 Å². The van der Waals surface area contributed by atoms with Gasteiger partial charge in [0.2, 0.25) is 0 Å². The molecule has 0 aliphatic rings. The van der Waals surface area contributed by atoms with E-state index in [0.717, 1.165) is 48.7 Å². The Morgan fingerprint density at radius 1 is 1.04 bits per heavy atom. The van der Waals surface area contributed by atoms with Gasteiger partial charge in [-0.1, -0.05) is 32.0 Å². The highest BCUT2D eigenvalue weighted by atomic mass is 15.2. The first-order chi connectivity index (χ1) is 11.2. The Labute approximate surface area is 138 Å². The van der Waals surface area contributed by atoms with Gasteiger partial charge in [0, 0.05) is 32.1 Å². The molecule has 2 rings (SSSR count). The zero-order chi connectivity index (χ0) is 16.5. The van der Waals surface area contributed by atoms with Gasteiger partial charge in [-0.2, -0.15) is 0 Å². The van der Waals surface area contributed by atoms with Crippen molar-refractivity contribution in [3.8, 4) is 0 Å². The van der Waals surface area contributed by atoms with Gasteiger partial charge in [-0.05, 0) is 30.5 Å². The van der Waals surface area contributed by atoms with Crippen molar-refractivity contribution >= 4 is 22.7 Å². The van der Waals surface area contributed by atoms with Crippen molar-refractivity contribution in [2.75, 3.05) is 32.0 Å². The van der Waals surface area contributed by atoms with Gasteiger partial charge in [0.1, 0.15) is 5.82 Å². The van der Waals surface area contributed by atoms with Crippen LogP contribution in [-0.4, -0.2) is 37.6 Å². The molecule has 124 valence electrons. The predicted octanol–water partition coefficient (Wildman–Crippen LogP) is 2.86. The summed E-state index contributed by atoms with van der Waals surface area (Å²) in [6.45, 7) is 6.96. The highest BCUT2D eigenvalue weighted by Crippen LogP contribution is 2.13. The number of benzene rings is 1. The van der Waals surface area contributed by atoms with Crippen LogP contribution in [0, 0.1) is 5.92 Å². The van der Waals surface area contributed by atoms with E-state index in [9.17, 15) is 0 Å². The van der Waals surface area contributed by atoms with E-state index in [-0.39, 0.29) is 0 Å². The van der Waals surface area contributed by atoms with Gasteiger partial charge >= 0.3 is 0 Å². The number of guanidine groups is 1. The lowest BCUT2D eigenvalue weighted by atomic mass is 10.1. The van der Waals surface area contributed by atoms with E-state index in [0.29, 0.717) is 5.92 Å². The summed E-state index contributed by atoms with van der Waals surface area (Å²) in [5, 5.41) is 11.1. The lowest BCUT2D eigenvalue weighted by Gasteiger charge is -2.13. The fourth-order valence-corrected chi connectivity index (χ4v) is 2.24. The second-order valence-corrected chi connectivity index (χ2v) is 5.92. The van der Waals surface area contributed by atoms with E-state index >= 15 is 0 Å². The number of hydrogen-bond donors (Lipinski definition) is 3. The maximum atomic E-state index is 4.60. The quantitative estimate of drug-likeness (QED) is 0.418. The average Bonchev–Trinajstić information content (AvgIpc) is 2.56. The minimum Gasteiger partial charge on any atom is -0.368 e. The lowest BCUT2D eigenvalue weighted by Crippen LogP contribution is -2.40. The molecule has 5 heteroatoms. The Hall–Kier alpha value is -2.30. The van der Waals surface area contributed by atoms with Gasteiger partial charge in [-0.25, -0.2) is 4.98 Å². The minimum absolute atomic E-state index is 0.696. The normalized spacial score (nSPS) is 11.7. The molecule has 0 amide bonds. The molecule has 23 heavy (non-hydrogen) atoms. The number of nitrogens with zero attached hydrogens (tertiary/aromatic N) is 2. The summed E-state index contributed by atoms with van der Waals surface area (Å²) < 4.78 is 0. The number of para-hydroxylation sites is 1. The first-order valence-electron chi connectivity index (χ1n) is 8.23. The fourth-order valence-electron chi connectivity index (χ4n) is 2.24. The Kier molecular flexibility index (Phi) is 6.66. The Morgan fingerprint density at radius 2 is 1.83 bits per heavy atom. The summed E-state index contributed by atoms with van der Waals surface area (Å²) in [5.41, 5.74) is 1.01. The lowest BCUT2D eigenvalue weighted by molar-refractivity contribution is 0.574. The minimum atomic E-state index is 0.696. The molecule has 0 radical (unpaired) electrons. The molecule has 0 saturated carbocycles. The molecule has 1 aromatic carbocycles. The van der Waals surface area contributed by atoms with Crippen LogP contribution in [0.2, 0.25) is 0 Å². The summed E-state index contributed by atoms with van der Waals surface area (Å²) in [6, 6.07) is 12.2. The number of nitrogens with one attached hydrogen (secondary N) is 3. The first-order valence-corrected chi connectivity index (χ1v) is 8.23. The largest absolute Gasteiger partial charge is 0.368 e. The first kappa shape index (κ1) is 17.1. The van der Waals surface area contributed by atoms with E-state index in [1.54, 1.807) is 7.05 Å². The average molecular weight is 313 g/mol. The standard InChI is InChI=1S/C18H27N5/c1-14(2)10-11-21-18(19-3)22-13-12-20-17-9-8-15-6-4-5-7-16(15)23-17/h4-9,14H,10-13H2,1-3H3,(H,20,23)(H2,19,21,22). The van der Waals surface area contributed by atoms with E-state index in [1.165, 1.54) is 0 Å². The van der Waals surface area contributed by atoms with Crippen LogP contribution in [0.5, 0.6) is 0 Å². The number of fused-ring (bicyclic) bond motifs is 1. The highest BCUT2D eigenvalue weighted by Gasteiger charge is 1.99. The van der Waals surface area contributed by atoms with Crippen LogP contribution in [0.3, 0.4) is 0 Å². The Bertz CT molecular complexity index is 636. The Balaban J connectivity index is 1.73. The second-order valence-electron chi connectivity index (χ2n) is 5.92. The summed E-state index contributed by atoms with van der Waals surface area (Å²) in [6.07, 6.45) is 1.14. The molecule has 0 atom stereocenters. The number of aromatic nitrogens is 1.